The molecular weight excluding hydrogens is 932 g/mol. The molecule has 0 aliphatic carbocycles. The zero-order valence-corrected chi connectivity index (χ0v) is 40.6. The lowest BCUT2D eigenvalue weighted by Gasteiger charge is -2.33. The van der Waals surface area contributed by atoms with Crippen LogP contribution in [0.5, 0.6) is 23.0 Å². The third-order valence-electron chi connectivity index (χ3n) is 12.6. The van der Waals surface area contributed by atoms with E-state index in [1.165, 1.54) is 12.4 Å². The molecule has 4 aromatic carbocycles. The Morgan fingerprint density at radius 1 is 0.657 bits per heavy atom. The summed E-state index contributed by atoms with van der Waals surface area (Å²) in [4.78, 5) is 24.6. The number of ether oxygens (including phenoxy) is 6. The van der Waals surface area contributed by atoms with E-state index in [4.69, 9.17) is 51.6 Å². The maximum Gasteiger partial charge on any atom is 0.323 e. The molecule has 2 saturated heterocycles. The van der Waals surface area contributed by atoms with E-state index < -0.39 is 12.0 Å². The number of halogens is 2. The van der Waals surface area contributed by atoms with Crippen LogP contribution in [0, 0.1) is 36.5 Å². The first-order valence-electron chi connectivity index (χ1n) is 22.9. The summed E-state index contributed by atoms with van der Waals surface area (Å²) in [5.41, 5.74) is 9.97. The molecule has 2 atom stereocenters. The van der Waals surface area contributed by atoms with Crippen molar-refractivity contribution in [1.82, 2.24) is 19.8 Å². The number of carboxylic acid groups (broad SMARTS) is 1. The van der Waals surface area contributed by atoms with Gasteiger partial charge in [-0.25, -0.2) is 0 Å². The van der Waals surface area contributed by atoms with Crippen LogP contribution in [0.25, 0.3) is 11.1 Å². The van der Waals surface area contributed by atoms with Gasteiger partial charge in [-0.05, 0) is 78.4 Å². The summed E-state index contributed by atoms with van der Waals surface area (Å²) < 4.78 is 36.8. The van der Waals surface area contributed by atoms with E-state index in [1.807, 2.05) is 41.3 Å². The van der Waals surface area contributed by atoms with Gasteiger partial charge in [0.25, 0.3) is 0 Å². The third kappa shape index (κ3) is 12.2. The Balaban J connectivity index is 1.000. The Morgan fingerprint density at radius 3 is 1.61 bits per heavy atom. The van der Waals surface area contributed by atoms with Crippen LogP contribution in [0.2, 0.25) is 10.0 Å². The fourth-order valence-corrected chi connectivity index (χ4v) is 9.01. The molecule has 0 radical (unpaired) electrons. The lowest BCUT2D eigenvalue weighted by molar-refractivity contribution is -0.150. The SMILES string of the molecule is Cc1c(COc2cc(OCc3cncc(C#N)c3)c(CN3CCOCC3C)cc2Cl)cccc1-c1cccc(COc2cc(OCc3cncc(C#N)c3)c(CN3CCOCC3C(=O)O)cc2Cl)c1C. The minimum Gasteiger partial charge on any atom is -0.488 e. The lowest BCUT2D eigenvalue weighted by atomic mass is 9.92. The topological polar surface area (TPSA) is 173 Å². The van der Waals surface area contributed by atoms with E-state index in [0.717, 1.165) is 51.1 Å². The van der Waals surface area contributed by atoms with Crippen LogP contribution in [0.15, 0.2) is 97.6 Å². The highest BCUT2D eigenvalue weighted by Gasteiger charge is 2.30. The molecule has 0 amide bonds. The maximum absolute atomic E-state index is 12.1. The summed E-state index contributed by atoms with van der Waals surface area (Å²) in [6.45, 7) is 10.9. The number of morpholine rings is 2. The molecule has 0 bridgehead atoms. The van der Waals surface area contributed by atoms with Crippen molar-refractivity contribution in [2.24, 2.45) is 0 Å². The number of carbonyl (C=O) groups is 1. The molecule has 1 N–H and O–H groups in total. The molecule has 2 unspecified atom stereocenters. The Morgan fingerprint density at radius 2 is 1.13 bits per heavy atom. The molecule has 4 heterocycles. The normalized spacial score (nSPS) is 16.2. The van der Waals surface area contributed by atoms with Gasteiger partial charge in [0.05, 0.1) is 47.6 Å². The summed E-state index contributed by atoms with van der Waals surface area (Å²) in [6.07, 6.45) is 6.32. The van der Waals surface area contributed by atoms with Crippen LogP contribution in [0.3, 0.4) is 0 Å². The van der Waals surface area contributed by atoms with Crippen molar-refractivity contribution >= 4 is 29.2 Å². The highest BCUT2D eigenvalue weighted by atomic mass is 35.5. The number of nitriles is 2. The van der Waals surface area contributed by atoms with Gasteiger partial charge in [-0.1, -0.05) is 59.6 Å². The van der Waals surface area contributed by atoms with Crippen LogP contribution in [0.4, 0.5) is 0 Å². The first-order chi connectivity index (χ1) is 34.0. The number of carboxylic acids is 1. The molecule has 2 aromatic heterocycles. The molecule has 2 aliphatic rings. The fraction of sp³-hybridized carbons (Fsp3) is 0.315. The van der Waals surface area contributed by atoms with E-state index in [0.29, 0.717) is 88.2 Å². The minimum absolute atomic E-state index is 0.0700. The van der Waals surface area contributed by atoms with Crippen molar-refractivity contribution < 1.29 is 38.3 Å². The second-order valence-electron chi connectivity index (χ2n) is 17.3. The quantitative estimate of drug-likeness (QED) is 0.0863. The Bertz CT molecular complexity index is 2940. The van der Waals surface area contributed by atoms with Gasteiger partial charge in [0, 0.05) is 91.4 Å². The van der Waals surface area contributed by atoms with Gasteiger partial charge in [-0.2, -0.15) is 10.5 Å². The summed E-state index contributed by atoms with van der Waals surface area (Å²) in [5.74, 6) is 0.985. The maximum atomic E-state index is 12.1. The number of rotatable bonds is 18. The van der Waals surface area contributed by atoms with Gasteiger partial charge in [0.15, 0.2) is 0 Å². The standard InChI is InChI=1S/C54H52Cl2N6O8/c1-34-28-65-12-10-61(34)26-43-16-47(55)52(18-50(43)67-29-39-14-37(20-57)22-59-24-39)69-31-41-6-4-8-45(35(41)2)46-9-5-7-42(36(46)3)32-70-53-19-51(68-30-40-15-38(21-58)23-60-25-40)44(17-48(53)56)27-62-11-13-66-33-49(62)54(63)64/h4-9,14-19,22-25,34,49H,10-13,26-33H2,1-3H3,(H,63,64). The predicted octanol–water partition coefficient (Wildman–Crippen LogP) is 9.63. The summed E-state index contributed by atoms with van der Waals surface area (Å²) in [7, 11) is 0. The Kier molecular flexibility index (Phi) is 16.5. The van der Waals surface area contributed by atoms with Gasteiger partial charge in [-0.3, -0.25) is 24.6 Å². The van der Waals surface area contributed by atoms with Crippen LogP contribution in [0.1, 0.15) is 62.6 Å². The average molecular weight is 984 g/mol. The molecule has 360 valence electrons. The molecule has 2 aliphatic heterocycles. The van der Waals surface area contributed by atoms with Crippen LogP contribution in [-0.4, -0.2) is 82.4 Å². The average Bonchev–Trinajstić information content (AvgIpc) is 3.37. The van der Waals surface area contributed by atoms with Crippen molar-refractivity contribution in [3.63, 3.8) is 0 Å². The molecule has 16 heteroatoms. The number of aliphatic carboxylic acids is 1. The second kappa shape index (κ2) is 23.2. The van der Waals surface area contributed by atoms with E-state index in [9.17, 15) is 20.4 Å². The number of nitrogens with zero attached hydrogens (tertiary/aromatic N) is 6. The van der Waals surface area contributed by atoms with Crippen molar-refractivity contribution in [2.75, 3.05) is 39.5 Å². The van der Waals surface area contributed by atoms with Crippen molar-refractivity contribution in [1.29, 1.82) is 10.5 Å². The first-order valence-corrected chi connectivity index (χ1v) is 23.6. The molecule has 0 spiro atoms. The van der Waals surface area contributed by atoms with Gasteiger partial charge >= 0.3 is 5.97 Å². The Hall–Kier alpha value is -6.75. The largest absolute Gasteiger partial charge is 0.488 e. The molecule has 8 rings (SSSR count). The third-order valence-corrected chi connectivity index (χ3v) is 13.2. The van der Waals surface area contributed by atoms with Crippen LogP contribution < -0.4 is 18.9 Å². The van der Waals surface area contributed by atoms with Crippen molar-refractivity contribution in [3.05, 3.63) is 163 Å². The fourth-order valence-electron chi connectivity index (χ4n) is 8.53. The molecular formula is C54H52Cl2N6O8. The summed E-state index contributed by atoms with van der Waals surface area (Å²) >= 11 is 13.9. The Labute approximate surface area is 417 Å². The molecule has 6 aromatic rings. The van der Waals surface area contributed by atoms with E-state index in [1.54, 1.807) is 36.7 Å². The smallest absolute Gasteiger partial charge is 0.323 e. The van der Waals surface area contributed by atoms with Crippen molar-refractivity contribution in [2.45, 2.75) is 72.4 Å². The molecule has 70 heavy (non-hydrogen) atoms. The minimum atomic E-state index is -0.975. The van der Waals surface area contributed by atoms with Crippen LogP contribution in [-0.2, 0) is 53.8 Å². The monoisotopic (exact) mass is 982 g/mol. The zero-order valence-electron chi connectivity index (χ0n) is 39.1. The van der Waals surface area contributed by atoms with Crippen LogP contribution >= 0.6 is 23.2 Å². The molecule has 0 saturated carbocycles. The van der Waals surface area contributed by atoms with E-state index in [-0.39, 0.29) is 45.6 Å². The van der Waals surface area contributed by atoms with Gasteiger partial charge in [0.2, 0.25) is 0 Å². The van der Waals surface area contributed by atoms with E-state index in [2.05, 4.69) is 59.9 Å². The number of aromatic nitrogens is 2. The predicted molar refractivity (Wildman–Crippen MR) is 263 cm³/mol. The molecule has 14 nitrogen and oxygen atoms in total. The summed E-state index contributed by atoms with van der Waals surface area (Å²) in [5, 5.41) is 29.6. The molecule has 2 fully saturated rings. The van der Waals surface area contributed by atoms with Gasteiger partial charge in [0.1, 0.15) is 67.6 Å². The lowest BCUT2D eigenvalue weighted by Crippen LogP contribution is -2.49. The zero-order chi connectivity index (χ0) is 49.1. The number of benzene rings is 4. The van der Waals surface area contributed by atoms with Crippen molar-refractivity contribution in [3.8, 4) is 46.3 Å². The number of hydrogen-bond acceptors (Lipinski definition) is 13. The number of pyridine rings is 2. The highest BCUT2D eigenvalue weighted by molar-refractivity contribution is 6.32. The first kappa shape index (κ1) is 49.7. The van der Waals surface area contributed by atoms with E-state index >= 15 is 0 Å². The highest BCUT2D eigenvalue weighted by Crippen LogP contribution is 2.38. The van der Waals surface area contributed by atoms with Gasteiger partial charge < -0.3 is 33.5 Å². The summed E-state index contributed by atoms with van der Waals surface area (Å²) in [6, 6.07) is 26.6. The second-order valence-corrected chi connectivity index (χ2v) is 18.1. The number of hydrogen-bond donors (Lipinski definition) is 1. The van der Waals surface area contributed by atoms with Gasteiger partial charge in [-0.15, -0.1) is 0 Å².